The highest BCUT2D eigenvalue weighted by Gasteiger charge is 2.30. The van der Waals surface area contributed by atoms with E-state index < -0.39 is 22.2 Å². The number of nitro groups is 1. The largest absolute Gasteiger partial charge is 0.364 e. The van der Waals surface area contributed by atoms with E-state index in [0.717, 1.165) is 37.8 Å². The van der Waals surface area contributed by atoms with Crippen LogP contribution in [0.4, 0.5) is 20.2 Å². The van der Waals surface area contributed by atoms with Gasteiger partial charge in [-0.15, -0.1) is 0 Å². The maximum Gasteiger partial charge on any atom is 0.295 e. The van der Waals surface area contributed by atoms with E-state index in [2.05, 4.69) is 5.32 Å². The smallest absolute Gasteiger partial charge is 0.295 e. The third-order valence-corrected chi connectivity index (χ3v) is 4.25. The fourth-order valence-electron chi connectivity index (χ4n) is 2.95. The van der Waals surface area contributed by atoms with Gasteiger partial charge in [-0.2, -0.15) is 0 Å². The molecule has 2 rings (SSSR count). The monoisotopic (exact) mass is 299 g/mol. The first-order valence-electron chi connectivity index (χ1n) is 6.98. The van der Waals surface area contributed by atoms with Crippen LogP contribution in [0.3, 0.4) is 0 Å². The molecule has 0 atom stereocenters. The standard InChI is InChI=1S/C14H19F2N3O2/c1-17-9-3-5-10(6-4-9)18(2)14-12(19(20)21)8-7-11(15)13(14)16/h7-10,17H,3-6H2,1-2H3. The van der Waals surface area contributed by atoms with Gasteiger partial charge < -0.3 is 10.2 Å². The molecule has 0 radical (unpaired) electrons. The minimum atomic E-state index is -1.15. The molecule has 0 bridgehead atoms. The molecule has 1 aromatic rings. The minimum absolute atomic E-state index is 0.0235. The Kier molecular flexibility index (Phi) is 4.72. The van der Waals surface area contributed by atoms with Crippen molar-refractivity contribution in [1.82, 2.24) is 5.32 Å². The first-order valence-corrected chi connectivity index (χ1v) is 6.98. The normalized spacial score (nSPS) is 22.1. The summed E-state index contributed by atoms with van der Waals surface area (Å²) in [6, 6.07) is 2.21. The van der Waals surface area contributed by atoms with Crippen molar-refractivity contribution in [2.75, 3.05) is 19.0 Å². The number of nitrogens with one attached hydrogen (secondary N) is 1. The molecule has 1 aliphatic rings. The van der Waals surface area contributed by atoms with Gasteiger partial charge in [0, 0.05) is 25.2 Å². The maximum atomic E-state index is 14.0. The Morgan fingerprint density at radius 3 is 2.43 bits per heavy atom. The van der Waals surface area contributed by atoms with E-state index in [9.17, 15) is 18.9 Å². The van der Waals surface area contributed by atoms with Crippen molar-refractivity contribution in [2.24, 2.45) is 0 Å². The van der Waals surface area contributed by atoms with Crippen LogP contribution in [0.5, 0.6) is 0 Å². The summed E-state index contributed by atoms with van der Waals surface area (Å²) in [5.41, 5.74) is -0.653. The highest BCUT2D eigenvalue weighted by atomic mass is 19.2. The highest BCUT2D eigenvalue weighted by molar-refractivity contribution is 5.64. The number of hydrogen-bond donors (Lipinski definition) is 1. The van der Waals surface area contributed by atoms with Crippen LogP contribution in [0.1, 0.15) is 25.7 Å². The molecule has 7 heteroatoms. The van der Waals surface area contributed by atoms with E-state index >= 15 is 0 Å². The SMILES string of the molecule is CNC1CCC(N(C)c2c([N+](=O)[O-])ccc(F)c2F)CC1. The number of nitrogens with zero attached hydrogens (tertiary/aromatic N) is 2. The molecule has 0 unspecified atom stereocenters. The average molecular weight is 299 g/mol. The van der Waals surface area contributed by atoms with Gasteiger partial charge in [0.15, 0.2) is 17.3 Å². The average Bonchev–Trinajstić information content (AvgIpc) is 2.49. The fourth-order valence-corrected chi connectivity index (χ4v) is 2.95. The van der Waals surface area contributed by atoms with Crippen molar-refractivity contribution in [2.45, 2.75) is 37.8 Å². The van der Waals surface area contributed by atoms with Crippen LogP contribution in [0.25, 0.3) is 0 Å². The fraction of sp³-hybridized carbons (Fsp3) is 0.571. The first kappa shape index (κ1) is 15.6. The molecule has 0 spiro atoms. The van der Waals surface area contributed by atoms with Crippen molar-refractivity contribution in [3.63, 3.8) is 0 Å². The van der Waals surface area contributed by atoms with E-state index in [1.54, 1.807) is 7.05 Å². The Morgan fingerprint density at radius 1 is 1.29 bits per heavy atom. The van der Waals surface area contributed by atoms with Gasteiger partial charge >= 0.3 is 0 Å². The maximum absolute atomic E-state index is 14.0. The molecule has 0 aromatic heterocycles. The molecular formula is C14H19F2N3O2. The second-order valence-electron chi connectivity index (χ2n) is 5.39. The van der Waals surface area contributed by atoms with Crippen molar-refractivity contribution in [3.8, 4) is 0 Å². The zero-order chi connectivity index (χ0) is 15.6. The zero-order valence-electron chi connectivity index (χ0n) is 12.1. The summed E-state index contributed by atoms with van der Waals surface area (Å²) in [6.07, 6.45) is 3.40. The van der Waals surface area contributed by atoms with Crippen LogP contribution in [-0.2, 0) is 0 Å². The lowest BCUT2D eigenvalue weighted by molar-refractivity contribution is -0.384. The molecule has 1 aromatic carbocycles. The zero-order valence-corrected chi connectivity index (χ0v) is 12.1. The summed E-state index contributed by atoms with van der Waals surface area (Å²) in [4.78, 5) is 11.9. The third kappa shape index (κ3) is 3.12. The van der Waals surface area contributed by atoms with Gasteiger partial charge in [-0.05, 0) is 38.8 Å². The lowest BCUT2D eigenvalue weighted by Crippen LogP contribution is -2.40. The van der Waals surface area contributed by atoms with Crippen LogP contribution in [-0.4, -0.2) is 31.1 Å². The van der Waals surface area contributed by atoms with Gasteiger partial charge in [-0.25, -0.2) is 8.78 Å². The van der Waals surface area contributed by atoms with Crippen LogP contribution in [0, 0.1) is 21.7 Å². The molecule has 0 aliphatic heterocycles. The van der Waals surface area contributed by atoms with Gasteiger partial charge in [0.1, 0.15) is 0 Å². The van der Waals surface area contributed by atoms with Crippen LogP contribution in [0.2, 0.25) is 0 Å². The molecule has 0 amide bonds. The lowest BCUT2D eigenvalue weighted by Gasteiger charge is -2.35. The number of rotatable bonds is 4. The van der Waals surface area contributed by atoms with Gasteiger partial charge in [-0.1, -0.05) is 0 Å². The Balaban J connectivity index is 2.28. The van der Waals surface area contributed by atoms with Gasteiger partial charge in [0.05, 0.1) is 4.92 Å². The number of hydrogen-bond acceptors (Lipinski definition) is 4. The molecule has 1 saturated carbocycles. The van der Waals surface area contributed by atoms with Gasteiger partial charge in [0.25, 0.3) is 5.69 Å². The Bertz CT molecular complexity index is 531. The summed E-state index contributed by atoms with van der Waals surface area (Å²) in [5.74, 6) is -2.21. The second-order valence-corrected chi connectivity index (χ2v) is 5.39. The van der Waals surface area contributed by atoms with Gasteiger partial charge in [-0.3, -0.25) is 10.1 Å². The summed E-state index contributed by atoms with van der Waals surface area (Å²) in [7, 11) is 3.49. The van der Waals surface area contributed by atoms with Crippen molar-refractivity contribution < 1.29 is 13.7 Å². The third-order valence-electron chi connectivity index (χ3n) is 4.25. The van der Waals surface area contributed by atoms with Crippen molar-refractivity contribution in [3.05, 3.63) is 33.9 Å². The molecule has 5 nitrogen and oxygen atoms in total. The van der Waals surface area contributed by atoms with E-state index in [0.29, 0.717) is 6.04 Å². The van der Waals surface area contributed by atoms with Gasteiger partial charge in [0.2, 0.25) is 0 Å². The minimum Gasteiger partial charge on any atom is -0.364 e. The first-order chi connectivity index (χ1) is 9.95. The Labute approximate surface area is 122 Å². The summed E-state index contributed by atoms with van der Waals surface area (Å²) >= 11 is 0. The number of anilines is 1. The van der Waals surface area contributed by atoms with Crippen LogP contribution < -0.4 is 10.2 Å². The molecule has 1 aliphatic carbocycles. The highest BCUT2D eigenvalue weighted by Crippen LogP contribution is 2.35. The van der Waals surface area contributed by atoms with E-state index in [-0.39, 0.29) is 11.7 Å². The summed E-state index contributed by atoms with van der Waals surface area (Å²) in [5, 5.41) is 14.2. The quantitative estimate of drug-likeness (QED) is 0.686. The molecule has 0 saturated heterocycles. The molecule has 1 N–H and O–H groups in total. The topological polar surface area (TPSA) is 58.4 Å². The molecule has 1 fully saturated rings. The summed E-state index contributed by atoms with van der Waals surface area (Å²) < 4.78 is 27.5. The Hall–Kier alpha value is -1.76. The predicted molar refractivity (Wildman–Crippen MR) is 76.5 cm³/mol. The summed E-state index contributed by atoms with van der Waals surface area (Å²) in [6.45, 7) is 0. The number of nitro benzene ring substituents is 1. The second kappa shape index (κ2) is 6.34. The number of benzene rings is 1. The van der Waals surface area contributed by atoms with Crippen molar-refractivity contribution >= 4 is 11.4 Å². The predicted octanol–water partition coefficient (Wildman–Crippen LogP) is 2.84. The van der Waals surface area contributed by atoms with Crippen LogP contribution in [0.15, 0.2) is 12.1 Å². The molecule has 21 heavy (non-hydrogen) atoms. The van der Waals surface area contributed by atoms with Crippen LogP contribution >= 0.6 is 0 Å². The number of halogens is 2. The lowest BCUT2D eigenvalue weighted by atomic mass is 9.90. The van der Waals surface area contributed by atoms with Crippen molar-refractivity contribution in [1.29, 1.82) is 0 Å². The molecular weight excluding hydrogens is 280 g/mol. The van der Waals surface area contributed by atoms with E-state index in [4.69, 9.17) is 0 Å². The Morgan fingerprint density at radius 2 is 1.90 bits per heavy atom. The van der Waals surface area contributed by atoms with E-state index in [1.807, 2.05) is 7.05 Å². The van der Waals surface area contributed by atoms with E-state index in [1.165, 1.54) is 4.90 Å². The molecule has 116 valence electrons. The molecule has 0 heterocycles.